The van der Waals surface area contributed by atoms with Crippen molar-refractivity contribution in [1.82, 2.24) is 34.7 Å². The van der Waals surface area contributed by atoms with Crippen molar-refractivity contribution >= 4 is 39.6 Å². The van der Waals surface area contributed by atoms with Gasteiger partial charge in [-0.15, -0.1) is 5.10 Å². The quantitative estimate of drug-likeness (QED) is 0.221. The molecule has 0 unspecified atom stereocenters. The van der Waals surface area contributed by atoms with Crippen LogP contribution in [-0.2, 0) is 7.05 Å². The molecule has 11 heteroatoms. The molecule has 0 amide bonds. The molecule has 4 heterocycles. The molecule has 220 valence electrons. The Labute approximate surface area is 256 Å². The predicted octanol–water partition coefficient (Wildman–Crippen LogP) is 6.47. The van der Waals surface area contributed by atoms with E-state index < -0.39 is 0 Å². The monoisotopic (exact) mass is 594 g/mol. The predicted molar refractivity (Wildman–Crippen MR) is 169 cm³/mol. The molecule has 3 aromatic heterocycles. The third-order valence-corrected chi connectivity index (χ3v) is 8.29. The molecule has 0 spiro atoms. The number of anilines is 3. The zero-order chi connectivity index (χ0) is 30.1. The van der Waals surface area contributed by atoms with Gasteiger partial charge in [0.1, 0.15) is 11.8 Å². The molecule has 1 atom stereocenters. The lowest BCUT2D eigenvalue weighted by atomic mass is 9.98. The number of nitrogens with zero attached hydrogens (tertiary/aromatic N) is 8. The van der Waals surface area contributed by atoms with Gasteiger partial charge in [0.25, 0.3) is 0 Å². The van der Waals surface area contributed by atoms with Gasteiger partial charge in [-0.3, -0.25) is 14.6 Å². The number of fused-ring (bicyclic) bond motifs is 1. The van der Waals surface area contributed by atoms with Crippen molar-refractivity contribution in [3.05, 3.63) is 89.1 Å². The smallest absolute Gasteiger partial charge is 0.109 e. The van der Waals surface area contributed by atoms with Gasteiger partial charge in [-0.25, -0.2) is 4.68 Å². The van der Waals surface area contributed by atoms with Gasteiger partial charge in [-0.2, -0.15) is 10.4 Å². The Kier molecular flexibility index (Phi) is 7.77. The number of hydrogen-bond acceptors (Lipinski definition) is 8. The first-order valence-electron chi connectivity index (χ1n) is 14.5. The second-order valence-electron chi connectivity index (χ2n) is 12.0. The van der Waals surface area contributed by atoms with Crippen molar-refractivity contribution in [2.75, 3.05) is 23.7 Å². The molecule has 2 N–H and O–H groups in total. The SMILES string of the molecule is Cn1cc(Nc2c(C#N)cnc3c(N[C@@H](c4ccccc4)c4cn(C5CCN(C(C)(C)C)CC5)nn4)cc(Cl)cc23)cn1. The Bertz CT molecular complexity index is 1770. The minimum absolute atomic E-state index is 0.163. The van der Waals surface area contributed by atoms with E-state index in [2.05, 4.69) is 76.1 Å². The molecular formula is C32H35ClN10. The third kappa shape index (κ3) is 6.05. The maximum atomic E-state index is 9.89. The van der Waals surface area contributed by atoms with Crippen LogP contribution in [0.3, 0.4) is 0 Å². The van der Waals surface area contributed by atoms with E-state index in [4.69, 9.17) is 16.6 Å². The number of nitriles is 1. The fourth-order valence-electron chi connectivity index (χ4n) is 5.76. The van der Waals surface area contributed by atoms with Gasteiger partial charge in [0.05, 0.1) is 52.6 Å². The molecule has 1 fully saturated rings. The van der Waals surface area contributed by atoms with Crippen LogP contribution in [0.4, 0.5) is 17.1 Å². The van der Waals surface area contributed by atoms with E-state index >= 15 is 0 Å². The number of piperidine rings is 1. The van der Waals surface area contributed by atoms with Crippen LogP contribution >= 0.6 is 11.6 Å². The van der Waals surface area contributed by atoms with E-state index in [1.165, 1.54) is 0 Å². The average molecular weight is 595 g/mol. The summed E-state index contributed by atoms with van der Waals surface area (Å²) in [5, 5.41) is 31.6. The van der Waals surface area contributed by atoms with E-state index in [-0.39, 0.29) is 11.6 Å². The first kappa shape index (κ1) is 28.6. The molecule has 1 aliphatic heterocycles. The van der Waals surface area contributed by atoms with Crippen LogP contribution in [0, 0.1) is 11.3 Å². The van der Waals surface area contributed by atoms with Crippen LogP contribution in [0.5, 0.6) is 0 Å². The lowest BCUT2D eigenvalue weighted by Crippen LogP contribution is -2.46. The van der Waals surface area contributed by atoms with Crippen molar-refractivity contribution in [3.8, 4) is 6.07 Å². The van der Waals surface area contributed by atoms with E-state index in [0.29, 0.717) is 27.8 Å². The highest BCUT2D eigenvalue weighted by atomic mass is 35.5. The largest absolute Gasteiger partial charge is 0.371 e. The molecule has 43 heavy (non-hydrogen) atoms. The molecule has 5 aromatic rings. The van der Waals surface area contributed by atoms with Crippen molar-refractivity contribution in [2.24, 2.45) is 7.05 Å². The number of aryl methyl sites for hydroxylation is 1. The van der Waals surface area contributed by atoms with Gasteiger partial charge in [0, 0.05) is 48.5 Å². The molecule has 10 nitrogen and oxygen atoms in total. The van der Waals surface area contributed by atoms with Gasteiger partial charge in [0.15, 0.2) is 0 Å². The Morgan fingerprint density at radius 1 is 1.07 bits per heavy atom. The van der Waals surface area contributed by atoms with Gasteiger partial charge in [0.2, 0.25) is 0 Å². The van der Waals surface area contributed by atoms with Crippen LogP contribution in [-0.4, -0.2) is 53.3 Å². The molecule has 0 radical (unpaired) electrons. The minimum Gasteiger partial charge on any atom is -0.371 e. The van der Waals surface area contributed by atoms with Gasteiger partial charge in [-0.05, 0) is 51.3 Å². The number of nitrogens with one attached hydrogen (secondary N) is 2. The van der Waals surface area contributed by atoms with Crippen LogP contribution in [0.1, 0.15) is 62.5 Å². The van der Waals surface area contributed by atoms with Gasteiger partial charge >= 0.3 is 0 Å². The molecule has 6 rings (SSSR count). The maximum Gasteiger partial charge on any atom is 0.109 e. The zero-order valence-electron chi connectivity index (χ0n) is 24.8. The van der Waals surface area contributed by atoms with Gasteiger partial charge in [-0.1, -0.05) is 47.1 Å². The standard InChI is InChI=1S/C32H35ClN10/c1-32(2,3)42-12-10-25(11-13-42)43-20-28(39-40-43)30(21-8-6-5-7-9-21)38-27-15-23(33)14-26-29(22(16-34)17-35-31(26)27)37-24-18-36-41(4)19-24/h5-9,14-15,17-20,25,30,38H,10-13H2,1-4H3,(H,35,37)/t30-/m0/s1. The molecule has 2 aromatic carbocycles. The van der Waals surface area contributed by atoms with Crippen LogP contribution in [0.25, 0.3) is 10.9 Å². The zero-order valence-corrected chi connectivity index (χ0v) is 25.5. The van der Waals surface area contributed by atoms with E-state index in [1.807, 2.05) is 48.3 Å². The molecular weight excluding hydrogens is 560 g/mol. The highest BCUT2D eigenvalue weighted by Gasteiger charge is 2.29. The Hall–Kier alpha value is -4.46. The number of pyridine rings is 1. The second kappa shape index (κ2) is 11.7. The van der Waals surface area contributed by atoms with Crippen LogP contribution in [0.2, 0.25) is 5.02 Å². The Morgan fingerprint density at radius 3 is 2.51 bits per heavy atom. The number of rotatable bonds is 7. The summed E-state index contributed by atoms with van der Waals surface area (Å²) in [5.74, 6) is 0. The lowest BCUT2D eigenvalue weighted by molar-refractivity contribution is 0.0866. The van der Waals surface area contributed by atoms with E-state index in [9.17, 15) is 5.26 Å². The van der Waals surface area contributed by atoms with Gasteiger partial charge < -0.3 is 10.6 Å². The number of aromatic nitrogens is 6. The average Bonchev–Trinajstić information content (AvgIpc) is 3.65. The summed E-state index contributed by atoms with van der Waals surface area (Å²) in [7, 11) is 1.84. The second-order valence-corrected chi connectivity index (χ2v) is 12.5. The van der Waals surface area contributed by atoms with E-state index in [0.717, 1.165) is 53.9 Å². The highest BCUT2D eigenvalue weighted by molar-refractivity contribution is 6.32. The fourth-order valence-corrected chi connectivity index (χ4v) is 5.98. The van der Waals surface area contributed by atoms with Crippen molar-refractivity contribution in [2.45, 2.75) is 51.2 Å². The summed E-state index contributed by atoms with van der Waals surface area (Å²) in [6.07, 6.45) is 9.25. The van der Waals surface area contributed by atoms with Crippen molar-refractivity contribution in [3.63, 3.8) is 0 Å². The summed E-state index contributed by atoms with van der Waals surface area (Å²) < 4.78 is 3.72. The van der Waals surface area contributed by atoms with Crippen molar-refractivity contribution < 1.29 is 0 Å². The highest BCUT2D eigenvalue weighted by Crippen LogP contribution is 2.37. The Balaban J connectivity index is 1.36. The third-order valence-electron chi connectivity index (χ3n) is 8.07. The molecule has 0 saturated carbocycles. The molecule has 0 aliphatic carbocycles. The van der Waals surface area contributed by atoms with Crippen LogP contribution < -0.4 is 10.6 Å². The number of likely N-dealkylation sites (tertiary alicyclic amines) is 1. The number of benzene rings is 2. The fraction of sp³-hybridized carbons (Fsp3) is 0.344. The first-order chi connectivity index (χ1) is 20.7. The summed E-state index contributed by atoms with van der Waals surface area (Å²) in [6, 6.07) is 16.1. The summed E-state index contributed by atoms with van der Waals surface area (Å²) in [4.78, 5) is 7.23. The topological polar surface area (TPSA) is 113 Å². The summed E-state index contributed by atoms with van der Waals surface area (Å²) in [5.41, 5.74) is 5.19. The first-order valence-corrected chi connectivity index (χ1v) is 14.8. The number of hydrogen-bond donors (Lipinski definition) is 2. The lowest BCUT2D eigenvalue weighted by Gasteiger charge is -2.40. The molecule has 0 bridgehead atoms. The number of halogens is 1. The summed E-state index contributed by atoms with van der Waals surface area (Å²) in [6.45, 7) is 8.87. The summed E-state index contributed by atoms with van der Waals surface area (Å²) >= 11 is 6.69. The molecule has 1 aliphatic rings. The maximum absolute atomic E-state index is 9.89. The van der Waals surface area contributed by atoms with Crippen molar-refractivity contribution in [1.29, 1.82) is 5.26 Å². The van der Waals surface area contributed by atoms with Crippen LogP contribution in [0.15, 0.2) is 67.3 Å². The normalized spacial score (nSPS) is 15.3. The minimum atomic E-state index is -0.307. The Morgan fingerprint density at radius 2 is 1.84 bits per heavy atom. The van der Waals surface area contributed by atoms with E-state index in [1.54, 1.807) is 17.1 Å². The molecule has 1 saturated heterocycles.